The maximum Gasteiger partial charge on any atom is 0.258 e. The molecule has 0 unspecified atom stereocenters. The smallest absolute Gasteiger partial charge is 0.258 e. The van der Waals surface area contributed by atoms with Gasteiger partial charge in [-0.25, -0.2) is 0 Å². The molecule has 4 nitrogen and oxygen atoms in total. The molecule has 1 atom stereocenters. The number of rotatable bonds is 6. The van der Waals surface area contributed by atoms with Crippen LogP contribution in [-0.4, -0.2) is 22.1 Å². The highest BCUT2D eigenvalue weighted by atomic mass is 35.5. The Morgan fingerprint density at radius 3 is 2.56 bits per heavy atom. The van der Waals surface area contributed by atoms with Crippen molar-refractivity contribution in [2.75, 3.05) is 6.61 Å². The fourth-order valence-electron chi connectivity index (χ4n) is 3.10. The van der Waals surface area contributed by atoms with Crippen molar-refractivity contribution in [3.05, 3.63) is 80.2 Å². The van der Waals surface area contributed by atoms with E-state index in [-0.39, 0.29) is 36.8 Å². The lowest BCUT2D eigenvalue weighted by Gasteiger charge is -2.14. The van der Waals surface area contributed by atoms with Gasteiger partial charge in [0.1, 0.15) is 5.78 Å². The third kappa shape index (κ3) is 4.24. The maximum atomic E-state index is 12.7. The van der Waals surface area contributed by atoms with Gasteiger partial charge in [0.15, 0.2) is 0 Å². The number of halogens is 2. The van der Waals surface area contributed by atoms with E-state index in [1.165, 1.54) is 4.57 Å². The first-order valence-corrected chi connectivity index (χ1v) is 9.35. The van der Waals surface area contributed by atoms with E-state index in [2.05, 4.69) is 0 Å². The van der Waals surface area contributed by atoms with Gasteiger partial charge in [-0.1, -0.05) is 41.4 Å². The van der Waals surface area contributed by atoms with Crippen LogP contribution in [0.4, 0.5) is 0 Å². The summed E-state index contributed by atoms with van der Waals surface area (Å²) in [7, 11) is 0. The fraction of sp³-hybridized carbons (Fsp3) is 0.238. The Morgan fingerprint density at radius 2 is 1.85 bits per heavy atom. The van der Waals surface area contributed by atoms with Crippen LogP contribution in [0.2, 0.25) is 10.0 Å². The summed E-state index contributed by atoms with van der Waals surface area (Å²) in [6, 6.07) is 12.0. The van der Waals surface area contributed by atoms with E-state index < -0.39 is 0 Å². The van der Waals surface area contributed by atoms with Gasteiger partial charge in [0.25, 0.3) is 5.56 Å². The van der Waals surface area contributed by atoms with E-state index in [0.29, 0.717) is 15.4 Å². The van der Waals surface area contributed by atoms with Crippen molar-refractivity contribution < 1.29 is 9.90 Å². The van der Waals surface area contributed by atoms with Crippen molar-refractivity contribution in [2.24, 2.45) is 0 Å². The molecule has 0 bridgehead atoms. The van der Waals surface area contributed by atoms with Crippen molar-refractivity contribution in [3.63, 3.8) is 0 Å². The monoisotopic (exact) mass is 403 g/mol. The lowest BCUT2D eigenvalue weighted by atomic mass is 9.98. The number of Topliss-reactive ketones (excluding diaryl/α,β-unsaturated/α-hetero) is 1. The van der Waals surface area contributed by atoms with Crippen LogP contribution in [0.5, 0.6) is 0 Å². The summed E-state index contributed by atoms with van der Waals surface area (Å²) in [5, 5.41) is 11.5. The molecule has 0 saturated carbocycles. The van der Waals surface area contributed by atoms with E-state index in [9.17, 15) is 14.7 Å². The Hall–Kier alpha value is -2.14. The Morgan fingerprint density at radius 1 is 1.07 bits per heavy atom. The number of hydrogen-bond acceptors (Lipinski definition) is 3. The molecule has 2 aromatic carbocycles. The third-order valence-corrected chi connectivity index (χ3v) is 5.31. The number of aliphatic hydroxyl groups excluding tert-OH is 1. The second-order valence-corrected chi connectivity index (χ2v) is 7.39. The number of nitrogens with zero attached hydrogens (tertiary/aromatic N) is 1. The van der Waals surface area contributed by atoms with Gasteiger partial charge in [-0.05, 0) is 47.7 Å². The zero-order chi connectivity index (χ0) is 19.6. The largest absolute Gasteiger partial charge is 0.394 e. The molecule has 0 aliphatic rings. The van der Waals surface area contributed by atoms with Crippen LogP contribution < -0.4 is 5.56 Å². The van der Waals surface area contributed by atoms with Crippen LogP contribution in [0.25, 0.3) is 10.8 Å². The van der Waals surface area contributed by atoms with Crippen molar-refractivity contribution in [1.29, 1.82) is 0 Å². The van der Waals surface area contributed by atoms with Crippen LogP contribution in [0.3, 0.4) is 0 Å². The Bertz CT molecular complexity index is 1060. The molecule has 0 spiro atoms. The number of aliphatic hydroxyl groups is 1. The van der Waals surface area contributed by atoms with E-state index in [0.717, 1.165) is 16.5 Å². The van der Waals surface area contributed by atoms with Crippen LogP contribution in [0, 0.1) is 0 Å². The molecule has 0 saturated heterocycles. The number of fused-ring (bicyclic) bond motifs is 1. The average molecular weight is 404 g/mol. The van der Waals surface area contributed by atoms with E-state index >= 15 is 0 Å². The topological polar surface area (TPSA) is 59.3 Å². The standard InChI is InChI=1S/C21H19Cl2NO3/c1-13(12-25)24-8-7-17-15(3-2-4-18(17)21(24)27)11-16(26)9-14-5-6-19(22)20(23)10-14/h2-8,10,13,25H,9,11-12H2,1H3/t13-/m1/s1. The number of ketones is 1. The van der Waals surface area contributed by atoms with Gasteiger partial charge in [0.05, 0.1) is 22.7 Å². The molecule has 6 heteroatoms. The highest BCUT2D eigenvalue weighted by Crippen LogP contribution is 2.23. The van der Waals surface area contributed by atoms with Crippen LogP contribution >= 0.6 is 23.2 Å². The molecular formula is C21H19Cl2NO3. The van der Waals surface area contributed by atoms with Crippen molar-refractivity contribution in [1.82, 2.24) is 4.57 Å². The second-order valence-electron chi connectivity index (χ2n) is 6.58. The average Bonchev–Trinajstić information content (AvgIpc) is 2.65. The molecule has 0 aliphatic heterocycles. The van der Waals surface area contributed by atoms with Crippen LogP contribution in [0.1, 0.15) is 24.1 Å². The van der Waals surface area contributed by atoms with Gasteiger partial charge in [0, 0.05) is 24.4 Å². The molecule has 0 fully saturated rings. The maximum absolute atomic E-state index is 12.7. The quantitative estimate of drug-likeness (QED) is 0.670. The SMILES string of the molecule is C[C@H](CO)n1ccc2c(CC(=O)Cc3ccc(Cl)c(Cl)c3)cccc2c1=O. The Kier molecular flexibility index (Phi) is 6.00. The highest BCUT2D eigenvalue weighted by molar-refractivity contribution is 6.42. The minimum absolute atomic E-state index is 0.0220. The van der Waals surface area contributed by atoms with Crippen molar-refractivity contribution in [2.45, 2.75) is 25.8 Å². The minimum atomic E-state index is -0.304. The normalized spacial score (nSPS) is 12.3. The summed E-state index contributed by atoms with van der Waals surface area (Å²) >= 11 is 11.9. The molecule has 1 N–H and O–H groups in total. The van der Waals surface area contributed by atoms with E-state index in [4.69, 9.17) is 23.2 Å². The molecule has 3 rings (SSSR count). The zero-order valence-electron chi connectivity index (χ0n) is 14.8. The first kappa shape index (κ1) is 19.6. The number of pyridine rings is 1. The molecule has 3 aromatic rings. The number of benzene rings is 2. The Balaban J connectivity index is 1.88. The van der Waals surface area contributed by atoms with Gasteiger partial charge < -0.3 is 9.67 Å². The van der Waals surface area contributed by atoms with E-state index in [1.54, 1.807) is 43.5 Å². The fourth-order valence-corrected chi connectivity index (χ4v) is 3.42. The molecule has 0 amide bonds. The van der Waals surface area contributed by atoms with Gasteiger partial charge in [-0.15, -0.1) is 0 Å². The number of carbonyl (C=O) groups is 1. The third-order valence-electron chi connectivity index (χ3n) is 4.58. The van der Waals surface area contributed by atoms with Gasteiger partial charge >= 0.3 is 0 Å². The van der Waals surface area contributed by atoms with Crippen molar-refractivity contribution in [3.8, 4) is 0 Å². The zero-order valence-corrected chi connectivity index (χ0v) is 16.3. The molecule has 27 heavy (non-hydrogen) atoms. The van der Waals surface area contributed by atoms with Gasteiger partial charge in [-0.3, -0.25) is 9.59 Å². The summed E-state index contributed by atoms with van der Waals surface area (Å²) in [4.78, 5) is 25.2. The predicted octanol–water partition coefficient (Wildman–Crippen LogP) is 4.22. The first-order chi connectivity index (χ1) is 12.9. The molecule has 0 radical (unpaired) electrons. The lowest BCUT2D eigenvalue weighted by Crippen LogP contribution is -2.24. The molecular weight excluding hydrogens is 385 g/mol. The van der Waals surface area contributed by atoms with Gasteiger partial charge in [0.2, 0.25) is 0 Å². The number of hydrogen-bond donors (Lipinski definition) is 1. The predicted molar refractivity (Wildman–Crippen MR) is 109 cm³/mol. The molecule has 140 valence electrons. The summed E-state index contributed by atoms with van der Waals surface area (Å²) in [6.45, 7) is 1.66. The summed E-state index contributed by atoms with van der Waals surface area (Å²) in [6.07, 6.45) is 2.13. The summed E-state index contributed by atoms with van der Waals surface area (Å²) in [5.74, 6) is 0.0220. The summed E-state index contributed by atoms with van der Waals surface area (Å²) in [5.41, 5.74) is 1.43. The van der Waals surface area contributed by atoms with Crippen LogP contribution in [-0.2, 0) is 17.6 Å². The van der Waals surface area contributed by atoms with E-state index in [1.807, 2.05) is 12.1 Å². The second kappa shape index (κ2) is 8.26. The van der Waals surface area contributed by atoms with Crippen LogP contribution in [0.15, 0.2) is 53.5 Å². The molecule has 0 aliphatic carbocycles. The first-order valence-electron chi connectivity index (χ1n) is 8.60. The molecule has 1 aromatic heterocycles. The summed E-state index contributed by atoms with van der Waals surface area (Å²) < 4.78 is 1.50. The minimum Gasteiger partial charge on any atom is -0.394 e. The van der Waals surface area contributed by atoms with Gasteiger partial charge in [-0.2, -0.15) is 0 Å². The molecule has 1 heterocycles. The lowest BCUT2D eigenvalue weighted by molar-refractivity contribution is -0.117. The number of carbonyl (C=O) groups excluding carboxylic acids is 1. The number of aromatic nitrogens is 1. The highest BCUT2D eigenvalue weighted by Gasteiger charge is 2.13. The van der Waals surface area contributed by atoms with Crippen molar-refractivity contribution >= 4 is 39.8 Å². The Labute approximate surface area is 167 Å².